The predicted octanol–water partition coefficient (Wildman–Crippen LogP) is 3.60. The van der Waals surface area contributed by atoms with Crippen molar-refractivity contribution in [2.24, 2.45) is 0 Å². The van der Waals surface area contributed by atoms with Crippen LogP contribution in [0.1, 0.15) is 12.5 Å². The highest BCUT2D eigenvalue weighted by molar-refractivity contribution is 5.47. The second-order valence-corrected chi connectivity index (χ2v) is 4.40. The number of nitrogens with zero attached hydrogens (tertiary/aromatic N) is 1. The van der Waals surface area contributed by atoms with Gasteiger partial charge in [-0.2, -0.15) is 5.26 Å². The van der Waals surface area contributed by atoms with Crippen molar-refractivity contribution in [3.8, 4) is 17.6 Å². The van der Waals surface area contributed by atoms with Gasteiger partial charge in [-0.1, -0.05) is 12.1 Å². The summed E-state index contributed by atoms with van der Waals surface area (Å²) in [6.07, 6.45) is 0. The maximum absolute atomic E-state index is 8.45. The molecule has 0 radical (unpaired) electrons. The molecule has 4 nitrogen and oxygen atoms in total. The van der Waals surface area contributed by atoms with E-state index < -0.39 is 0 Å². The fraction of sp³-hybridized carbons (Fsp3) is 0.235. The molecule has 0 aromatic heterocycles. The van der Waals surface area contributed by atoms with Gasteiger partial charge in [0.15, 0.2) is 6.61 Å². The van der Waals surface area contributed by atoms with E-state index >= 15 is 0 Å². The molecule has 0 bridgehead atoms. The van der Waals surface area contributed by atoms with Gasteiger partial charge >= 0.3 is 0 Å². The van der Waals surface area contributed by atoms with Crippen molar-refractivity contribution in [2.75, 3.05) is 18.5 Å². The van der Waals surface area contributed by atoms with Crippen molar-refractivity contribution in [2.45, 2.75) is 13.5 Å². The molecule has 1 N–H and O–H groups in total. The Balaban J connectivity index is 1.86. The minimum absolute atomic E-state index is 0.0684. The van der Waals surface area contributed by atoms with Crippen LogP contribution in [0, 0.1) is 11.3 Å². The Morgan fingerprint density at radius 1 is 0.952 bits per heavy atom. The second-order valence-electron chi connectivity index (χ2n) is 4.40. The fourth-order valence-electron chi connectivity index (χ4n) is 1.86. The minimum Gasteiger partial charge on any atom is -0.494 e. The molecule has 0 amide bonds. The molecule has 21 heavy (non-hydrogen) atoms. The molecule has 0 aliphatic carbocycles. The summed E-state index contributed by atoms with van der Waals surface area (Å²) in [5.41, 5.74) is 2.19. The topological polar surface area (TPSA) is 54.3 Å². The molecule has 2 aromatic rings. The van der Waals surface area contributed by atoms with Gasteiger partial charge in [0, 0.05) is 12.2 Å². The van der Waals surface area contributed by atoms with Crippen LogP contribution in [-0.4, -0.2) is 13.2 Å². The first-order valence-electron chi connectivity index (χ1n) is 6.87. The molecule has 0 saturated heterocycles. The Kier molecular flexibility index (Phi) is 5.48. The molecule has 108 valence electrons. The Labute approximate surface area is 124 Å². The van der Waals surface area contributed by atoms with E-state index in [0.717, 1.165) is 18.0 Å². The monoisotopic (exact) mass is 282 g/mol. The molecule has 4 heteroatoms. The minimum atomic E-state index is 0.0684. The molecule has 0 heterocycles. The lowest BCUT2D eigenvalue weighted by atomic mass is 10.2. The van der Waals surface area contributed by atoms with Crippen LogP contribution >= 0.6 is 0 Å². The van der Waals surface area contributed by atoms with E-state index in [1.807, 2.05) is 61.5 Å². The lowest BCUT2D eigenvalue weighted by Crippen LogP contribution is -2.00. The SMILES string of the molecule is CCOc1ccc(CNc2ccc(OCC#N)cc2)cc1. The molecule has 0 aliphatic rings. The number of nitrogens with one attached hydrogen (secondary N) is 1. The molecule has 0 spiro atoms. The number of benzene rings is 2. The van der Waals surface area contributed by atoms with E-state index in [-0.39, 0.29) is 6.61 Å². The highest BCUT2D eigenvalue weighted by Crippen LogP contribution is 2.17. The summed E-state index contributed by atoms with van der Waals surface area (Å²) in [6, 6.07) is 17.5. The first-order valence-corrected chi connectivity index (χ1v) is 6.87. The van der Waals surface area contributed by atoms with Crippen LogP contribution in [0.4, 0.5) is 5.69 Å². The zero-order chi connectivity index (χ0) is 14.9. The maximum atomic E-state index is 8.45. The van der Waals surface area contributed by atoms with E-state index in [1.165, 1.54) is 5.56 Å². The maximum Gasteiger partial charge on any atom is 0.174 e. The first-order chi connectivity index (χ1) is 10.3. The Morgan fingerprint density at radius 2 is 1.57 bits per heavy atom. The smallest absolute Gasteiger partial charge is 0.174 e. The van der Waals surface area contributed by atoms with Crippen LogP contribution in [0.5, 0.6) is 11.5 Å². The summed E-state index contributed by atoms with van der Waals surface area (Å²) in [7, 11) is 0. The van der Waals surface area contributed by atoms with Crippen LogP contribution in [-0.2, 0) is 6.54 Å². The summed E-state index contributed by atoms with van der Waals surface area (Å²) in [5, 5.41) is 11.8. The second kappa shape index (κ2) is 7.81. The van der Waals surface area contributed by atoms with E-state index in [0.29, 0.717) is 12.4 Å². The third-order valence-corrected chi connectivity index (χ3v) is 2.89. The molecular formula is C17H18N2O2. The molecule has 0 saturated carbocycles. The van der Waals surface area contributed by atoms with Crippen molar-refractivity contribution in [3.63, 3.8) is 0 Å². The van der Waals surface area contributed by atoms with Gasteiger partial charge in [0.2, 0.25) is 0 Å². The van der Waals surface area contributed by atoms with Crippen molar-refractivity contribution in [1.29, 1.82) is 5.26 Å². The highest BCUT2D eigenvalue weighted by Gasteiger charge is 1.97. The average molecular weight is 282 g/mol. The summed E-state index contributed by atoms with van der Waals surface area (Å²) in [4.78, 5) is 0. The zero-order valence-corrected chi connectivity index (χ0v) is 12.0. The van der Waals surface area contributed by atoms with Gasteiger partial charge < -0.3 is 14.8 Å². The highest BCUT2D eigenvalue weighted by atomic mass is 16.5. The molecule has 2 aromatic carbocycles. The van der Waals surface area contributed by atoms with E-state index in [4.69, 9.17) is 14.7 Å². The van der Waals surface area contributed by atoms with E-state index in [2.05, 4.69) is 5.32 Å². The van der Waals surface area contributed by atoms with Crippen molar-refractivity contribution >= 4 is 5.69 Å². The third-order valence-electron chi connectivity index (χ3n) is 2.89. The Morgan fingerprint density at radius 3 is 2.19 bits per heavy atom. The number of anilines is 1. The fourth-order valence-corrected chi connectivity index (χ4v) is 1.86. The van der Waals surface area contributed by atoms with E-state index in [1.54, 1.807) is 0 Å². The summed E-state index contributed by atoms with van der Waals surface area (Å²) < 4.78 is 10.6. The summed E-state index contributed by atoms with van der Waals surface area (Å²) in [5.74, 6) is 1.59. The third kappa shape index (κ3) is 4.73. The normalized spacial score (nSPS) is 9.71. The zero-order valence-electron chi connectivity index (χ0n) is 12.0. The molecule has 0 unspecified atom stereocenters. The van der Waals surface area contributed by atoms with Gasteiger partial charge in [0.05, 0.1) is 6.61 Å². The lowest BCUT2D eigenvalue weighted by Gasteiger charge is -2.09. The number of rotatable bonds is 7. The lowest BCUT2D eigenvalue weighted by molar-refractivity contribution is 0.340. The van der Waals surface area contributed by atoms with Gasteiger partial charge in [-0.25, -0.2) is 0 Å². The van der Waals surface area contributed by atoms with Crippen LogP contribution < -0.4 is 14.8 Å². The molecule has 2 rings (SSSR count). The van der Waals surface area contributed by atoms with Gasteiger partial charge in [-0.3, -0.25) is 0 Å². The number of hydrogen-bond acceptors (Lipinski definition) is 4. The average Bonchev–Trinajstić information content (AvgIpc) is 2.53. The standard InChI is InChI=1S/C17H18N2O2/c1-2-20-16-7-3-14(4-8-16)13-19-15-5-9-17(10-6-15)21-12-11-18/h3-10,19H,2,12-13H2,1H3. The quantitative estimate of drug-likeness (QED) is 0.843. The first kappa shape index (κ1) is 14.7. The van der Waals surface area contributed by atoms with Crippen LogP contribution in [0.25, 0.3) is 0 Å². The van der Waals surface area contributed by atoms with Crippen LogP contribution in [0.2, 0.25) is 0 Å². The van der Waals surface area contributed by atoms with Crippen LogP contribution in [0.3, 0.4) is 0 Å². The molecule has 0 fully saturated rings. The molecule has 0 atom stereocenters. The van der Waals surface area contributed by atoms with Crippen LogP contribution in [0.15, 0.2) is 48.5 Å². The summed E-state index contributed by atoms with van der Waals surface area (Å²) in [6.45, 7) is 3.46. The number of hydrogen-bond donors (Lipinski definition) is 1. The van der Waals surface area contributed by atoms with E-state index in [9.17, 15) is 0 Å². The Bertz CT molecular complexity index is 586. The van der Waals surface area contributed by atoms with Gasteiger partial charge in [0.1, 0.15) is 17.6 Å². The van der Waals surface area contributed by atoms with Gasteiger partial charge in [-0.15, -0.1) is 0 Å². The molecular weight excluding hydrogens is 264 g/mol. The summed E-state index contributed by atoms with van der Waals surface area (Å²) >= 11 is 0. The van der Waals surface area contributed by atoms with Crippen molar-refractivity contribution in [3.05, 3.63) is 54.1 Å². The Hall–Kier alpha value is -2.67. The van der Waals surface area contributed by atoms with Gasteiger partial charge in [0.25, 0.3) is 0 Å². The van der Waals surface area contributed by atoms with Gasteiger partial charge in [-0.05, 0) is 48.9 Å². The number of ether oxygens (including phenoxy) is 2. The van der Waals surface area contributed by atoms with Crippen molar-refractivity contribution < 1.29 is 9.47 Å². The molecule has 0 aliphatic heterocycles. The van der Waals surface area contributed by atoms with Crippen molar-refractivity contribution in [1.82, 2.24) is 0 Å². The predicted molar refractivity (Wildman–Crippen MR) is 82.5 cm³/mol. The number of nitriles is 1. The largest absolute Gasteiger partial charge is 0.494 e.